The molecule has 0 bridgehead atoms. The molecule has 1 heterocycles. The zero-order chi connectivity index (χ0) is 16.6. The highest BCUT2D eigenvalue weighted by Gasteiger charge is 2.24. The van der Waals surface area contributed by atoms with Gasteiger partial charge >= 0.3 is 0 Å². The average Bonchev–Trinajstić information content (AvgIpc) is 2.53. The number of ether oxygens (including phenoxy) is 1. The summed E-state index contributed by atoms with van der Waals surface area (Å²) in [5.74, 6) is 0.0910. The Hall–Kier alpha value is -2.54. The molecule has 1 N–H and O–H groups in total. The van der Waals surface area contributed by atoms with Crippen LogP contribution in [0.2, 0.25) is 0 Å². The second kappa shape index (κ2) is 5.58. The summed E-state index contributed by atoms with van der Waals surface area (Å²) in [6.07, 6.45) is 0. The van der Waals surface area contributed by atoms with Crippen LogP contribution in [-0.2, 0) is 14.8 Å². The fraction of sp³-hybridized carbons (Fsp3) is 0.188. The van der Waals surface area contributed by atoms with Crippen LogP contribution in [0, 0.1) is 6.92 Å². The third-order valence-corrected chi connectivity index (χ3v) is 5.39. The van der Waals surface area contributed by atoms with E-state index in [1.165, 1.54) is 29.6 Å². The summed E-state index contributed by atoms with van der Waals surface area (Å²) in [7, 11) is -2.21. The van der Waals surface area contributed by atoms with E-state index >= 15 is 0 Å². The predicted octanol–water partition coefficient (Wildman–Crippen LogP) is 2.15. The first kappa shape index (κ1) is 15.4. The molecule has 0 aliphatic carbocycles. The Labute approximate surface area is 134 Å². The number of nitrogens with one attached hydrogen (secondary N) is 1. The summed E-state index contributed by atoms with van der Waals surface area (Å²) in [6, 6.07) is 11.7. The van der Waals surface area contributed by atoms with E-state index in [0.29, 0.717) is 17.1 Å². The Morgan fingerprint density at radius 2 is 1.96 bits per heavy atom. The van der Waals surface area contributed by atoms with Crippen molar-refractivity contribution in [1.82, 2.24) is 0 Å². The van der Waals surface area contributed by atoms with Gasteiger partial charge in [-0.05, 0) is 36.8 Å². The number of hydrogen-bond acceptors (Lipinski definition) is 4. The Balaban J connectivity index is 1.98. The molecule has 0 fully saturated rings. The van der Waals surface area contributed by atoms with Gasteiger partial charge in [0, 0.05) is 13.1 Å². The summed E-state index contributed by atoms with van der Waals surface area (Å²) in [4.78, 5) is 11.4. The van der Waals surface area contributed by atoms with Gasteiger partial charge in [0.1, 0.15) is 5.75 Å². The number of benzene rings is 2. The van der Waals surface area contributed by atoms with Gasteiger partial charge in [-0.1, -0.05) is 12.1 Å². The summed E-state index contributed by atoms with van der Waals surface area (Å²) < 4.78 is 32.1. The number of amides is 1. The van der Waals surface area contributed by atoms with Gasteiger partial charge < -0.3 is 10.1 Å². The van der Waals surface area contributed by atoms with Crippen LogP contribution in [0.4, 0.5) is 11.4 Å². The standard InChI is InChI=1S/C16H16N2O4S/c1-11-4-3-5-12(8-11)18(2)23(20,21)13-6-7-14-15(9-13)22-10-16(19)17-14/h3-9H,10H2,1-2H3,(H,17,19). The molecule has 0 saturated heterocycles. The molecule has 3 rings (SSSR count). The second-order valence-corrected chi connectivity index (χ2v) is 7.28. The zero-order valence-corrected chi connectivity index (χ0v) is 13.6. The predicted molar refractivity (Wildman–Crippen MR) is 87.3 cm³/mol. The van der Waals surface area contributed by atoms with Crippen LogP contribution >= 0.6 is 0 Å². The number of aryl methyl sites for hydroxylation is 1. The Kier molecular flexibility index (Phi) is 3.73. The van der Waals surface area contributed by atoms with Crippen molar-refractivity contribution in [3.05, 3.63) is 48.0 Å². The molecule has 1 aliphatic rings. The summed E-state index contributed by atoms with van der Waals surface area (Å²) in [6.45, 7) is 1.78. The molecule has 6 nitrogen and oxygen atoms in total. The van der Waals surface area contributed by atoms with Crippen molar-refractivity contribution in [2.45, 2.75) is 11.8 Å². The maximum absolute atomic E-state index is 12.8. The maximum atomic E-state index is 12.8. The monoisotopic (exact) mass is 332 g/mol. The molecule has 0 radical (unpaired) electrons. The molecular weight excluding hydrogens is 316 g/mol. The van der Waals surface area contributed by atoms with Crippen LogP contribution in [-0.4, -0.2) is 28.0 Å². The molecule has 0 spiro atoms. The molecule has 1 amide bonds. The first-order valence-corrected chi connectivity index (χ1v) is 8.44. The third kappa shape index (κ3) is 2.87. The highest BCUT2D eigenvalue weighted by Crippen LogP contribution is 2.32. The van der Waals surface area contributed by atoms with Crippen molar-refractivity contribution in [2.24, 2.45) is 0 Å². The average molecular weight is 332 g/mol. The van der Waals surface area contributed by atoms with Crippen molar-refractivity contribution < 1.29 is 17.9 Å². The summed E-state index contributed by atoms with van der Waals surface area (Å²) in [5, 5.41) is 2.63. The second-order valence-electron chi connectivity index (χ2n) is 5.31. The first-order valence-electron chi connectivity index (χ1n) is 7.00. The van der Waals surface area contributed by atoms with Gasteiger partial charge in [0.15, 0.2) is 6.61 Å². The molecule has 0 unspecified atom stereocenters. The first-order chi connectivity index (χ1) is 10.9. The minimum atomic E-state index is -3.72. The van der Waals surface area contributed by atoms with Crippen LogP contribution < -0.4 is 14.4 Å². The minimum Gasteiger partial charge on any atom is -0.482 e. The highest BCUT2D eigenvalue weighted by molar-refractivity contribution is 7.92. The van der Waals surface area contributed by atoms with Crippen molar-refractivity contribution in [2.75, 3.05) is 23.3 Å². The molecule has 2 aromatic carbocycles. The molecule has 0 saturated carbocycles. The number of nitrogens with zero attached hydrogens (tertiary/aromatic N) is 1. The van der Waals surface area contributed by atoms with Gasteiger partial charge in [0.2, 0.25) is 0 Å². The Bertz CT molecular complexity index is 877. The lowest BCUT2D eigenvalue weighted by atomic mass is 10.2. The number of sulfonamides is 1. The SMILES string of the molecule is Cc1cccc(N(C)S(=O)(=O)c2ccc3c(c2)OCC(=O)N3)c1. The van der Waals surface area contributed by atoms with E-state index in [0.717, 1.165) is 5.56 Å². The lowest BCUT2D eigenvalue weighted by Crippen LogP contribution is -2.28. The number of carbonyl (C=O) groups is 1. The van der Waals surface area contributed by atoms with E-state index in [-0.39, 0.29) is 17.4 Å². The molecule has 23 heavy (non-hydrogen) atoms. The fourth-order valence-corrected chi connectivity index (χ4v) is 3.54. The highest BCUT2D eigenvalue weighted by atomic mass is 32.2. The van der Waals surface area contributed by atoms with Crippen LogP contribution in [0.1, 0.15) is 5.56 Å². The molecule has 1 aliphatic heterocycles. The van der Waals surface area contributed by atoms with Crippen LogP contribution in [0.5, 0.6) is 5.75 Å². The number of fused-ring (bicyclic) bond motifs is 1. The molecular formula is C16H16N2O4S. The topological polar surface area (TPSA) is 75.7 Å². The molecule has 0 atom stereocenters. The maximum Gasteiger partial charge on any atom is 0.264 e. The van der Waals surface area contributed by atoms with Crippen molar-refractivity contribution in [1.29, 1.82) is 0 Å². The smallest absolute Gasteiger partial charge is 0.264 e. The van der Waals surface area contributed by atoms with Gasteiger partial charge in [-0.25, -0.2) is 8.42 Å². The molecule has 2 aromatic rings. The van der Waals surface area contributed by atoms with E-state index in [1.807, 2.05) is 19.1 Å². The van der Waals surface area contributed by atoms with Crippen molar-refractivity contribution >= 4 is 27.3 Å². The molecule has 120 valence electrons. The van der Waals surface area contributed by atoms with E-state index in [4.69, 9.17) is 4.74 Å². The van der Waals surface area contributed by atoms with Crippen LogP contribution in [0.15, 0.2) is 47.4 Å². The number of rotatable bonds is 3. The largest absolute Gasteiger partial charge is 0.482 e. The van der Waals surface area contributed by atoms with Gasteiger partial charge in [0.05, 0.1) is 16.3 Å². The van der Waals surface area contributed by atoms with E-state index in [9.17, 15) is 13.2 Å². The van der Waals surface area contributed by atoms with E-state index in [1.54, 1.807) is 12.1 Å². The van der Waals surface area contributed by atoms with Crippen molar-refractivity contribution in [3.8, 4) is 5.75 Å². The Morgan fingerprint density at radius 3 is 2.70 bits per heavy atom. The molecule has 0 aromatic heterocycles. The van der Waals surface area contributed by atoms with E-state index < -0.39 is 10.0 Å². The fourth-order valence-electron chi connectivity index (χ4n) is 2.34. The van der Waals surface area contributed by atoms with Crippen LogP contribution in [0.25, 0.3) is 0 Å². The van der Waals surface area contributed by atoms with Gasteiger partial charge in [0.25, 0.3) is 15.9 Å². The number of carbonyl (C=O) groups excluding carboxylic acids is 1. The lowest BCUT2D eigenvalue weighted by molar-refractivity contribution is -0.118. The number of hydrogen-bond donors (Lipinski definition) is 1. The van der Waals surface area contributed by atoms with Gasteiger partial charge in [-0.15, -0.1) is 0 Å². The lowest BCUT2D eigenvalue weighted by Gasteiger charge is -2.22. The molecule has 7 heteroatoms. The number of anilines is 2. The third-order valence-electron chi connectivity index (χ3n) is 3.61. The quantitative estimate of drug-likeness (QED) is 0.934. The normalized spacial score (nSPS) is 13.7. The van der Waals surface area contributed by atoms with Gasteiger partial charge in [-0.3, -0.25) is 9.10 Å². The van der Waals surface area contributed by atoms with Crippen molar-refractivity contribution in [3.63, 3.8) is 0 Å². The minimum absolute atomic E-state index is 0.108. The Morgan fingerprint density at radius 1 is 1.17 bits per heavy atom. The summed E-state index contributed by atoms with van der Waals surface area (Å²) in [5.41, 5.74) is 2.02. The van der Waals surface area contributed by atoms with Crippen LogP contribution in [0.3, 0.4) is 0 Å². The van der Waals surface area contributed by atoms with E-state index in [2.05, 4.69) is 5.32 Å². The summed E-state index contributed by atoms with van der Waals surface area (Å²) >= 11 is 0. The zero-order valence-electron chi connectivity index (χ0n) is 12.7. The van der Waals surface area contributed by atoms with Gasteiger partial charge in [-0.2, -0.15) is 0 Å².